The van der Waals surface area contributed by atoms with Gasteiger partial charge in [0.25, 0.3) is 0 Å². The maximum absolute atomic E-state index is 12.8. The van der Waals surface area contributed by atoms with Gasteiger partial charge >= 0.3 is 7.12 Å². The van der Waals surface area contributed by atoms with Gasteiger partial charge in [-0.2, -0.15) is 0 Å². The summed E-state index contributed by atoms with van der Waals surface area (Å²) in [5.41, 5.74) is 3.95. The number of rotatable bonds is 11. The van der Waals surface area contributed by atoms with Gasteiger partial charge in [0.05, 0.1) is 36.7 Å². The van der Waals surface area contributed by atoms with Crippen LogP contribution in [0.2, 0.25) is 0 Å². The van der Waals surface area contributed by atoms with Gasteiger partial charge < -0.3 is 74.5 Å². The molecule has 0 radical (unpaired) electrons. The lowest BCUT2D eigenvalue weighted by Gasteiger charge is -2.45. The van der Waals surface area contributed by atoms with E-state index in [0.29, 0.717) is 45.6 Å². The summed E-state index contributed by atoms with van der Waals surface area (Å²) >= 11 is 0. The summed E-state index contributed by atoms with van der Waals surface area (Å²) in [7, 11) is 1.01. The van der Waals surface area contributed by atoms with E-state index in [4.69, 9.17) is 28.5 Å². The van der Waals surface area contributed by atoms with Gasteiger partial charge in [-0.05, 0) is 42.8 Å². The van der Waals surface area contributed by atoms with E-state index in [-0.39, 0.29) is 11.8 Å². The van der Waals surface area contributed by atoms with Gasteiger partial charge in [0.15, 0.2) is 18.5 Å². The highest BCUT2D eigenvalue weighted by Crippen LogP contribution is 2.35. The molecule has 4 fully saturated rings. The molecule has 0 bridgehead atoms. The molecule has 19 heteroatoms. The molecular formula is C40H48BN5O13. The van der Waals surface area contributed by atoms with Crippen molar-refractivity contribution in [3.05, 3.63) is 83.9 Å². The van der Waals surface area contributed by atoms with Crippen LogP contribution in [-0.2, 0) is 28.3 Å². The molecule has 0 spiro atoms. The minimum Gasteiger partial charge on any atom is -0.494 e. The van der Waals surface area contributed by atoms with Crippen LogP contribution in [0.25, 0.3) is 10.9 Å². The summed E-state index contributed by atoms with van der Waals surface area (Å²) in [6.07, 6.45) is -14.2. The van der Waals surface area contributed by atoms with Crippen LogP contribution in [0.5, 0.6) is 5.88 Å². The summed E-state index contributed by atoms with van der Waals surface area (Å²) in [4.78, 5) is 25.1. The number of amides is 1. The highest BCUT2D eigenvalue weighted by molar-refractivity contribution is 6.62. The Morgan fingerprint density at radius 3 is 2.32 bits per heavy atom. The molecule has 1 amide bonds. The first kappa shape index (κ1) is 41.4. The van der Waals surface area contributed by atoms with Gasteiger partial charge in [-0.3, -0.25) is 9.69 Å². The minimum atomic E-state index is -1.75. The smallest absolute Gasteiger partial charge is 0.494 e. The van der Waals surface area contributed by atoms with Crippen LogP contribution in [0.15, 0.2) is 77.8 Å². The lowest BCUT2D eigenvalue weighted by molar-refractivity contribution is -0.345. The Bertz CT molecular complexity index is 2100. The van der Waals surface area contributed by atoms with Crippen molar-refractivity contribution in [2.75, 3.05) is 58.3 Å². The third-order valence-electron chi connectivity index (χ3n) is 11.2. The molecule has 8 rings (SSSR count). The number of aromatic nitrogens is 1. The van der Waals surface area contributed by atoms with Crippen molar-refractivity contribution >= 4 is 46.5 Å². The second kappa shape index (κ2) is 17.7. The fourth-order valence-corrected chi connectivity index (χ4v) is 7.86. The van der Waals surface area contributed by atoms with Gasteiger partial charge in [-0.15, -0.1) is 0 Å². The number of piperazine rings is 1. The molecule has 1 aromatic heterocycles. The number of fused-ring (bicyclic) bond motifs is 2. The number of anilines is 1. The number of likely N-dealkylation sites (N-methyl/N-ethyl adjacent to an activating group) is 1. The molecule has 18 nitrogen and oxygen atoms in total. The van der Waals surface area contributed by atoms with Crippen LogP contribution < -0.4 is 10.8 Å². The van der Waals surface area contributed by atoms with Gasteiger partial charge in [0.1, 0.15) is 48.8 Å². The van der Waals surface area contributed by atoms with Crippen molar-refractivity contribution in [2.24, 2.45) is 4.99 Å². The Morgan fingerprint density at radius 1 is 0.881 bits per heavy atom. The lowest BCUT2D eigenvalue weighted by Crippen LogP contribution is -2.64. The number of hydrogen-bond donors (Lipinski definition) is 9. The molecule has 0 saturated carbocycles. The Balaban J connectivity index is 0.996. The first-order valence-corrected chi connectivity index (χ1v) is 19.5. The van der Waals surface area contributed by atoms with Gasteiger partial charge in [-0.25, -0.2) is 4.99 Å². The summed E-state index contributed by atoms with van der Waals surface area (Å²) in [5, 5.41) is 77.0. The number of carbonyl (C=O) groups is 1. The number of aliphatic hydroxyl groups is 6. The molecule has 0 aliphatic carbocycles. The number of hydrogen-bond acceptors (Lipinski definition) is 16. The summed E-state index contributed by atoms with van der Waals surface area (Å²) in [5.74, 6) is -0.221. The molecule has 10 atom stereocenters. The molecule has 4 aliphatic heterocycles. The van der Waals surface area contributed by atoms with Crippen LogP contribution in [0.4, 0.5) is 11.4 Å². The lowest BCUT2D eigenvalue weighted by atomic mass is 9.79. The molecule has 4 aliphatic rings. The molecule has 5 heterocycles. The van der Waals surface area contributed by atoms with Crippen LogP contribution in [0.3, 0.4) is 0 Å². The van der Waals surface area contributed by atoms with Crippen molar-refractivity contribution in [3.8, 4) is 5.88 Å². The minimum absolute atomic E-state index is 0.0888. The number of nitrogens with zero attached hydrogens (tertiary/aromatic N) is 3. The second-order valence-corrected chi connectivity index (χ2v) is 15.2. The first-order chi connectivity index (χ1) is 28.5. The second-order valence-electron chi connectivity index (χ2n) is 15.2. The summed E-state index contributed by atoms with van der Waals surface area (Å²) in [6, 6.07) is 21.8. The third-order valence-corrected chi connectivity index (χ3v) is 11.2. The summed E-state index contributed by atoms with van der Waals surface area (Å²) in [6.45, 7) is 2.53. The fourth-order valence-electron chi connectivity index (χ4n) is 7.86. The summed E-state index contributed by atoms with van der Waals surface area (Å²) < 4.78 is 29.3. The molecular weight excluding hydrogens is 769 g/mol. The molecule has 4 aromatic rings. The van der Waals surface area contributed by atoms with Crippen molar-refractivity contribution in [1.82, 2.24) is 14.8 Å². The quantitative estimate of drug-likeness (QED) is 0.0624. The molecule has 314 valence electrons. The Hall–Kier alpha value is -4.32. The van der Waals surface area contributed by atoms with E-state index in [1.165, 1.54) is 0 Å². The number of carbonyl (C=O) groups excluding carboxylic acids is 1. The van der Waals surface area contributed by atoms with E-state index < -0.39 is 81.7 Å². The maximum Gasteiger partial charge on any atom is 0.496 e. The molecule has 9 N–H and O–H groups in total. The molecule has 4 saturated heterocycles. The topological polar surface area (TPSA) is 251 Å². The van der Waals surface area contributed by atoms with E-state index in [1.807, 2.05) is 30.3 Å². The highest BCUT2D eigenvalue weighted by atomic mass is 16.8. The van der Waals surface area contributed by atoms with Crippen LogP contribution in [-0.4, -0.2) is 184 Å². The van der Waals surface area contributed by atoms with E-state index >= 15 is 0 Å². The average molecular weight is 818 g/mol. The highest BCUT2D eigenvalue weighted by Gasteiger charge is 2.56. The number of aromatic amines is 1. The predicted molar refractivity (Wildman–Crippen MR) is 212 cm³/mol. The number of ether oxygens (including phenoxy) is 3. The molecule has 59 heavy (non-hydrogen) atoms. The van der Waals surface area contributed by atoms with Crippen molar-refractivity contribution < 1.29 is 64.1 Å². The fraction of sp³-hybridized carbons (Fsp3) is 0.450. The Morgan fingerprint density at radius 2 is 1.61 bits per heavy atom. The Labute approximate surface area is 339 Å². The zero-order valence-electron chi connectivity index (χ0n) is 32.2. The largest absolute Gasteiger partial charge is 0.496 e. The van der Waals surface area contributed by atoms with Gasteiger partial charge in [0, 0.05) is 48.3 Å². The van der Waals surface area contributed by atoms with Crippen LogP contribution >= 0.6 is 0 Å². The van der Waals surface area contributed by atoms with Crippen LogP contribution in [0, 0.1) is 0 Å². The van der Waals surface area contributed by atoms with Crippen molar-refractivity contribution in [1.29, 1.82) is 0 Å². The number of aromatic hydroxyl groups is 1. The zero-order valence-corrected chi connectivity index (χ0v) is 32.2. The van der Waals surface area contributed by atoms with E-state index in [2.05, 4.69) is 27.1 Å². The number of aliphatic hydroxyl groups excluding tert-OH is 6. The monoisotopic (exact) mass is 817 g/mol. The number of aliphatic imine (C=N–C) groups is 1. The van der Waals surface area contributed by atoms with E-state index in [1.54, 1.807) is 42.5 Å². The third kappa shape index (κ3) is 8.66. The van der Waals surface area contributed by atoms with Gasteiger partial charge in [-0.1, -0.05) is 42.5 Å². The number of nitrogens with one attached hydrogen (secondary N) is 2. The van der Waals surface area contributed by atoms with Gasteiger partial charge in [0.2, 0.25) is 5.91 Å². The standard InChI is InChI=1S/C40H48BN5O13/c1-45-13-15-46(16-14-45)18-29(49)42-23-8-10-24(11-9-23)43-31(21-5-3-2-4-6-21)30-25-12-7-22(17-26(25)44-38(30)54)41-58-37-35(53)36(28(20-48)56-40(37)59-41)57-39-34(52)33(51)32(50)27(19-47)55-39/h2-12,17,27-28,32-37,39-40,44,47-48,50-54H,13-16,18-20H2,1H3,(H,42,49)/t27-,28-,32+,33+,34-,35+,36-,37-,39+,40-/m1/s1. The zero-order chi connectivity index (χ0) is 41.4. The Kier molecular flexibility index (Phi) is 12.4. The first-order valence-electron chi connectivity index (χ1n) is 19.5. The SMILES string of the molecule is CN1CCN(CC(=O)Nc2ccc(N=C(c3ccccc3)c3c(O)[nH]c4cc(B5O[C@H]6O[C@H](CO)[C@@H](O[C@@H]7O[C@H](CO)[C@H](O)[C@H](O)[C@H]7O)[C@H](O)[C@H]6O5)ccc34)cc2)CC1. The van der Waals surface area contributed by atoms with E-state index in [9.17, 15) is 40.5 Å². The molecule has 3 aromatic carbocycles. The number of benzene rings is 3. The average Bonchev–Trinajstić information content (AvgIpc) is 3.82. The van der Waals surface area contributed by atoms with Crippen molar-refractivity contribution in [2.45, 2.75) is 61.4 Å². The van der Waals surface area contributed by atoms with E-state index in [0.717, 1.165) is 31.7 Å². The van der Waals surface area contributed by atoms with Crippen LogP contribution in [0.1, 0.15) is 11.1 Å². The van der Waals surface area contributed by atoms with Crippen molar-refractivity contribution in [3.63, 3.8) is 0 Å². The normalized spacial score (nSPS) is 30.8. The predicted octanol–water partition coefficient (Wildman–Crippen LogP) is -1.40. The maximum atomic E-state index is 12.8. The molecule has 0 unspecified atom stereocenters. The number of H-pyrrole nitrogens is 1.